The van der Waals surface area contributed by atoms with Crippen molar-refractivity contribution in [3.63, 3.8) is 0 Å². The zero-order valence-electron chi connectivity index (χ0n) is 9.56. The summed E-state index contributed by atoms with van der Waals surface area (Å²) in [6, 6.07) is 0.271. The molecule has 1 amide bonds. The lowest BCUT2D eigenvalue weighted by Crippen LogP contribution is -2.42. The molecular weight excluding hydrogens is 196 g/mol. The fourth-order valence-electron chi connectivity index (χ4n) is 1.81. The van der Waals surface area contributed by atoms with Crippen molar-refractivity contribution in [3.8, 4) is 0 Å². The molecule has 0 aliphatic carbocycles. The van der Waals surface area contributed by atoms with Crippen molar-refractivity contribution in [3.05, 3.63) is 0 Å². The Morgan fingerprint density at radius 1 is 1.60 bits per heavy atom. The Kier molecular flexibility index (Phi) is 4.35. The van der Waals surface area contributed by atoms with Gasteiger partial charge in [0.15, 0.2) is 0 Å². The maximum absolute atomic E-state index is 11.0. The maximum Gasteiger partial charge on any atom is 0.407 e. The number of aliphatic hydroxyl groups excluding tert-OH is 1. The topological polar surface area (TPSA) is 61.8 Å². The fourth-order valence-corrected chi connectivity index (χ4v) is 1.81. The predicted octanol–water partition coefficient (Wildman–Crippen LogP) is 0.186. The van der Waals surface area contributed by atoms with Crippen LogP contribution < -0.4 is 5.32 Å². The number of methoxy groups -OCH3 is 1. The molecule has 0 aromatic carbocycles. The van der Waals surface area contributed by atoms with Gasteiger partial charge in [0, 0.05) is 25.2 Å². The number of rotatable bonds is 3. The number of ether oxygens (including phenoxy) is 1. The molecule has 88 valence electrons. The van der Waals surface area contributed by atoms with Crippen molar-refractivity contribution in [1.29, 1.82) is 0 Å². The van der Waals surface area contributed by atoms with Crippen LogP contribution in [-0.4, -0.2) is 54.5 Å². The molecule has 1 aliphatic rings. The summed E-state index contributed by atoms with van der Waals surface area (Å²) in [5.41, 5.74) is 0. The zero-order chi connectivity index (χ0) is 11.4. The number of likely N-dealkylation sites (tertiary alicyclic amines) is 1. The number of carbonyl (C=O) groups excluding carboxylic acids is 1. The van der Waals surface area contributed by atoms with Crippen LogP contribution in [0.5, 0.6) is 0 Å². The molecular formula is C10H20N2O3. The van der Waals surface area contributed by atoms with Gasteiger partial charge >= 0.3 is 6.09 Å². The van der Waals surface area contributed by atoms with Crippen molar-refractivity contribution in [1.82, 2.24) is 10.2 Å². The lowest BCUT2D eigenvalue weighted by Gasteiger charge is -2.26. The molecule has 1 saturated heterocycles. The monoisotopic (exact) mass is 216 g/mol. The highest BCUT2D eigenvalue weighted by molar-refractivity contribution is 5.67. The highest BCUT2D eigenvalue weighted by Gasteiger charge is 2.28. The van der Waals surface area contributed by atoms with Gasteiger partial charge in [0.2, 0.25) is 0 Å². The average molecular weight is 216 g/mol. The summed E-state index contributed by atoms with van der Waals surface area (Å²) in [6.45, 7) is 5.46. The third-order valence-corrected chi connectivity index (χ3v) is 3.00. The first kappa shape index (κ1) is 12.3. The third kappa shape index (κ3) is 3.35. The van der Waals surface area contributed by atoms with Crippen LogP contribution in [0.15, 0.2) is 0 Å². The van der Waals surface area contributed by atoms with Gasteiger partial charge in [-0.1, -0.05) is 0 Å². The summed E-state index contributed by atoms with van der Waals surface area (Å²) < 4.78 is 4.54. The lowest BCUT2D eigenvalue weighted by molar-refractivity contribution is 0.0841. The summed E-state index contributed by atoms with van der Waals surface area (Å²) in [5, 5.41) is 12.2. The van der Waals surface area contributed by atoms with E-state index in [1.54, 1.807) is 6.92 Å². The number of aliphatic hydroxyl groups is 1. The number of hydrogen-bond acceptors (Lipinski definition) is 4. The average Bonchev–Trinajstić information content (AvgIpc) is 2.64. The molecule has 0 radical (unpaired) electrons. The molecule has 3 atom stereocenters. The van der Waals surface area contributed by atoms with Crippen LogP contribution in [0.2, 0.25) is 0 Å². The number of alkyl carbamates (subject to hydrolysis) is 1. The second kappa shape index (κ2) is 5.32. The normalized spacial score (nSPS) is 26.0. The van der Waals surface area contributed by atoms with Crippen molar-refractivity contribution < 1.29 is 14.6 Å². The molecule has 5 nitrogen and oxygen atoms in total. The van der Waals surface area contributed by atoms with Gasteiger partial charge in [0.1, 0.15) is 0 Å². The molecule has 1 rings (SSSR count). The molecule has 0 aromatic rings. The Bertz CT molecular complexity index is 221. The molecule has 0 aromatic heterocycles. The molecule has 1 heterocycles. The fraction of sp³-hybridized carbons (Fsp3) is 0.900. The van der Waals surface area contributed by atoms with Gasteiger partial charge in [-0.05, 0) is 20.3 Å². The van der Waals surface area contributed by atoms with E-state index in [4.69, 9.17) is 0 Å². The third-order valence-electron chi connectivity index (χ3n) is 3.00. The molecule has 2 N–H and O–H groups in total. The molecule has 15 heavy (non-hydrogen) atoms. The Morgan fingerprint density at radius 3 is 2.80 bits per heavy atom. The van der Waals surface area contributed by atoms with Crippen molar-refractivity contribution >= 4 is 6.09 Å². The van der Waals surface area contributed by atoms with E-state index in [9.17, 15) is 9.90 Å². The van der Waals surface area contributed by atoms with Crippen LogP contribution in [0, 0.1) is 0 Å². The summed E-state index contributed by atoms with van der Waals surface area (Å²) in [6.07, 6.45) is 0.181. The van der Waals surface area contributed by atoms with Gasteiger partial charge in [-0.25, -0.2) is 4.79 Å². The zero-order valence-corrected chi connectivity index (χ0v) is 9.56. The largest absolute Gasteiger partial charge is 0.453 e. The molecule has 3 unspecified atom stereocenters. The van der Waals surface area contributed by atoms with Gasteiger partial charge in [-0.3, -0.25) is 4.90 Å². The van der Waals surface area contributed by atoms with Gasteiger partial charge in [-0.2, -0.15) is 0 Å². The number of hydrogen-bond donors (Lipinski definition) is 2. The van der Waals surface area contributed by atoms with Crippen LogP contribution in [0.1, 0.15) is 20.3 Å². The second-order valence-electron chi connectivity index (χ2n) is 4.10. The van der Waals surface area contributed by atoms with Gasteiger partial charge in [0.05, 0.1) is 13.2 Å². The Labute approximate surface area is 90.4 Å². The van der Waals surface area contributed by atoms with Gasteiger partial charge in [0.25, 0.3) is 0 Å². The molecule has 0 saturated carbocycles. The summed E-state index contributed by atoms with van der Waals surface area (Å²) in [7, 11) is 1.36. The van der Waals surface area contributed by atoms with Crippen molar-refractivity contribution in [2.75, 3.05) is 20.2 Å². The van der Waals surface area contributed by atoms with Crippen LogP contribution in [0.4, 0.5) is 4.79 Å². The first-order valence-electron chi connectivity index (χ1n) is 5.31. The van der Waals surface area contributed by atoms with E-state index in [1.807, 2.05) is 6.92 Å². The van der Waals surface area contributed by atoms with Gasteiger partial charge in [-0.15, -0.1) is 0 Å². The molecule has 0 spiro atoms. The summed E-state index contributed by atoms with van der Waals surface area (Å²) in [5.74, 6) is 0. The standard InChI is InChI=1S/C10H20N2O3/c1-7(8(2)13)12-5-4-9(6-12)11-10(14)15-3/h7-9,13H,4-6H2,1-3H3,(H,11,14). The minimum atomic E-state index is -0.383. The molecule has 5 heteroatoms. The minimum absolute atomic E-state index is 0.134. The predicted molar refractivity (Wildman–Crippen MR) is 56.7 cm³/mol. The maximum atomic E-state index is 11.0. The smallest absolute Gasteiger partial charge is 0.407 e. The number of amides is 1. The Balaban J connectivity index is 2.35. The minimum Gasteiger partial charge on any atom is -0.453 e. The summed E-state index contributed by atoms with van der Waals surface area (Å²) in [4.78, 5) is 13.1. The Morgan fingerprint density at radius 2 is 2.27 bits per heavy atom. The van der Waals surface area contributed by atoms with Crippen LogP contribution in [0.3, 0.4) is 0 Å². The highest BCUT2D eigenvalue weighted by Crippen LogP contribution is 2.14. The van der Waals surface area contributed by atoms with Crippen LogP contribution >= 0.6 is 0 Å². The van der Waals surface area contributed by atoms with Crippen molar-refractivity contribution in [2.24, 2.45) is 0 Å². The highest BCUT2D eigenvalue weighted by atomic mass is 16.5. The Hall–Kier alpha value is -0.810. The van der Waals surface area contributed by atoms with E-state index >= 15 is 0 Å². The van der Waals surface area contributed by atoms with Crippen LogP contribution in [0.25, 0.3) is 0 Å². The second-order valence-corrected chi connectivity index (χ2v) is 4.10. The molecule has 1 fully saturated rings. The van der Waals surface area contributed by atoms with E-state index in [2.05, 4.69) is 15.0 Å². The number of nitrogens with one attached hydrogen (secondary N) is 1. The lowest BCUT2D eigenvalue weighted by atomic mass is 10.2. The van der Waals surface area contributed by atoms with E-state index < -0.39 is 0 Å². The first-order valence-corrected chi connectivity index (χ1v) is 5.31. The quantitative estimate of drug-likeness (QED) is 0.707. The number of nitrogens with zero attached hydrogens (tertiary/aromatic N) is 1. The summed E-state index contributed by atoms with van der Waals surface area (Å²) >= 11 is 0. The SMILES string of the molecule is COC(=O)NC1CCN(C(C)C(C)O)C1. The van der Waals surface area contributed by atoms with E-state index in [0.29, 0.717) is 0 Å². The van der Waals surface area contributed by atoms with Crippen LogP contribution in [-0.2, 0) is 4.74 Å². The van der Waals surface area contributed by atoms with Crippen molar-refractivity contribution in [2.45, 2.75) is 38.5 Å². The van der Waals surface area contributed by atoms with E-state index in [0.717, 1.165) is 19.5 Å². The molecule has 1 aliphatic heterocycles. The first-order chi connectivity index (χ1) is 7.04. The molecule has 0 bridgehead atoms. The van der Waals surface area contributed by atoms with E-state index in [-0.39, 0.29) is 24.3 Å². The van der Waals surface area contributed by atoms with E-state index in [1.165, 1.54) is 7.11 Å². The van der Waals surface area contributed by atoms with Gasteiger partial charge < -0.3 is 15.2 Å². The number of carbonyl (C=O) groups is 1.